The van der Waals surface area contributed by atoms with E-state index in [2.05, 4.69) is 32.8 Å². The van der Waals surface area contributed by atoms with Gasteiger partial charge in [-0.1, -0.05) is 26.2 Å². The average Bonchev–Trinajstić information content (AvgIpc) is 2.66. The molecule has 29 heavy (non-hydrogen) atoms. The van der Waals surface area contributed by atoms with Gasteiger partial charge in [0.2, 0.25) is 11.9 Å². The Balaban J connectivity index is 2.06. The van der Waals surface area contributed by atoms with Crippen LogP contribution in [0.4, 0.5) is 11.4 Å². The van der Waals surface area contributed by atoms with Crippen LogP contribution in [0.25, 0.3) is 0 Å². The van der Waals surface area contributed by atoms with E-state index < -0.39 is 10.6 Å². The maximum Gasteiger partial charge on any atom is 0.294 e. The van der Waals surface area contributed by atoms with Gasteiger partial charge in [-0.15, -0.1) is 0 Å². The lowest BCUT2D eigenvalue weighted by atomic mass is 9.87. The fraction of sp³-hybridized carbons (Fsp3) is 0.579. The van der Waals surface area contributed by atoms with Gasteiger partial charge in [0.25, 0.3) is 5.69 Å². The second-order valence-electron chi connectivity index (χ2n) is 7.40. The first-order valence-corrected chi connectivity index (χ1v) is 10.8. The Hall–Kier alpha value is -2.36. The first-order chi connectivity index (χ1) is 13.9. The zero-order valence-corrected chi connectivity index (χ0v) is 18.2. The van der Waals surface area contributed by atoms with Crippen LogP contribution >= 0.6 is 15.9 Å². The Bertz CT molecular complexity index is 835. The highest BCUT2D eigenvalue weighted by Crippen LogP contribution is 2.45. The van der Waals surface area contributed by atoms with Crippen molar-refractivity contribution in [2.75, 3.05) is 11.5 Å². The van der Waals surface area contributed by atoms with Crippen molar-refractivity contribution < 1.29 is 9.66 Å². The smallest absolute Gasteiger partial charge is 0.294 e. The van der Waals surface area contributed by atoms with Crippen LogP contribution in [0.5, 0.6) is 5.75 Å². The minimum atomic E-state index is -0.758. The molecular formula is C19H27BrN6O3. The van der Waals surface area contributed by atoms with Crippen molar-refractivity contribution in [3.05, 3.63) is 26.7 Å². The van der Waals surface area contributed by atoms with E-state index >= 15 is 0 Å². The van der Waals surface area contributed by atoms with Gasteiger partial charge >= 0.3 is 0 Å². The largest absolute Gasteiger partial charge is 0.492 e. The summed E-state index contributed by atoms with van der Waals surface area (Å²) in [6.45, 7) is 2.65. The second kappa shape index (κ2) is 8.98. The fourth-order valence-electron chi connectivity index (χ4n) is 3.97. The number of hydrogen-bond donors (Lipinski definition) is 2. The van der Waals surface area contributed by atoms with Gasteiger partial charge in [0, 0.05) is 12.1 Å². The van der Waals surface area contributed by atoms with Crippen molar-refractivity contribution >= 4 is 39.2 Å². The van der Waals surface area contributed by atoms with Crippen LogP contribution < -0.4 is 21.1 Å². The van der Waals surface area contributed by atoms with E-state index in [1.807, 2.05) is 0 Å². The number of nitrogens with two attached hydrogens (primary N) is 2. The number of anilines is 1. The SMILES string of the molecule is CCCCCOc1cc(N2C(N)=NC(N)=NC23CCCCC3)c([N+](=O)[O-])cc1Br. The molecule has 1 spiro atoms. The average molecular weight is 467 g/mol. The molecule has 1 fully saturated rings. The van der Waals surface area contributed by atoms with E-state index in [9.17, 15) is 10.1 Å². The molecule has 158 valence electrons. The van der Waals surface area contributed by atoms with E-state index in [1.54, 1.807) is 11.0 Å². The molecule has 1 heterocycles. The summed E-state index contributed by atoms with van der Waals surface area (Å²) in [5, 5.41) is 11.8. The van der Waals surface area contributed by atoms with Crippen molar-refractivity contribution in [2.24, 2.45) is 21.5 Å². The highest BCUT2D eigenvalue weighted by atomic mass is 79.9. The molecule has 0 amide bonds. The van der Waals surface area contributed by atoms with Gasteiger partial charge in [0.05, 0.1) is 16.0 Å². The molecule has 0 atom stereocenters. The normalized spacial score (nSPS) is 18.3. The van der Waals surface area contributed by atoms with Gasteiger partial charge in [-0.3, -0.25) is 15.0 Å². The molecule has 1 aromatic rings. The second-order valence-corrected chi connectivity index (χ2v) is 8.26. The summed E-state index contributed by atoms with van der Waals surface area (Å²) in [4.78, 5) is 21.8. The van der Waals surface area contributed by atoms with Gasteiger partial charge in [-0.2, -0.15) is 4.99 Å². The van der Waals surface area contributed by atoms with Crippen molar-refractivity contribution in [3.63, 3.8) is 0 Å². The van der Waals surface area contributed by atoms with Crippen LogP contribution in [0.3, 0.4) is 0 Å². The lowest BCUT2D eigenvalue weighted by Crippen LogP contribution is -2.58. The number of unbranched alkanes of at least 4 members (excludes halogenated alkanes) is 2. The lowest BCUT2D eigenvalue weighted by Gasteiger charge is -2.45. The van der Waals surface area contributed by atoms with Crippen LogP contribution in [0, 0.1) is 10.1 Å². The zero-order chi connectivity index (χ0) is 21.0. The van der Waals surface area contributed by atoms with Gasteiger partial charge in [-0.05, 0) is 48.0 Å². The van der Waals surface area contributed by atoms with Crippen molar-refractivity contribution in [1.29, 1.82) is 0 Å². The predicted molar refractivity (Wildman–Crippen MR) is 117 cm³/mol. The summed E-state index contributed by atoms with van der Waals surface area (Å²) in [6, 6.07) is 3.11. The monoisotopic (exact) mass is 466 g/mol. The van der Waals surface area contributed by atoms with Crippen LogP contribution in [0.15, 0.2) is 26.6 Å². The minimum Gasteiger partial charge on any atom is -0.492 e. The molecule has 0 radical (unpaired) electrons. The Kier molecular flexibility index (Phi) is 6.61. The Morgan fingerprint density at radius 3 is 2.66 bits per heavy atom. The molecule has 1 aromatic carbocycles. The van der Waals surface area contributed by atoms with Crippen LogP contribution in [-0.2, 0) is 0 Å². The predicted octanol–water partition coefficient (Wildman–Crippen LogP) is 4.04. The molecule has 3 rings (SSSR count). The van der Waals surface area contributed by atoms with Crippen LogP contribution in [0.1, 0.15) is 58.3 Å². The molecule has 10 heteroatoms. The van der Waals surface area contributed by atoms with Gasteiger partial charge in [0.15, 0.2) is 0 Å². The number of rotatable bonds is 7. The van der Waals surface area contributed by atoms with E-state index in [1.165, 1.54) is 6.07 Å². The maximum absolute atomic E-state index is 11.8. The number of aliphatic imine (C=N–C) groups is 2. The number of nitro benzene ring substituents is 1. The highest BCUT2D eigenvalue weighted by Gasteiger charge is 2.45. The molecule has 1 aliphatic carbocycles. The number of halogens is 1. The first kappa shape index (κ1) is 21.4. The molecule has 0 saturated heterocycles. The summed E-state index contributed by atoms with van der Waals surface area (Å²) in [5.41, 5.74) is 11.6. The molecule has 2 aliphatic rings. The first-order valence-electron chi connectivity index (χ1n) is 9.98. The highest BCUT2D eigenvalue weighted by molar-refractivity contribution is 9.10. The molecular weight excluding hydrogens is 440 g/mol. The molecule has 1 saturated carbocycles. The summed E-state index contributed by atoms with van der Waals surface area (Å²) in [6.07, 6.45) is 7.40. The molecule has 0 unspecified atom stereocenters. The van der Waals surface area contributed by atoms with Crippen LogP contribution in [0.2, 0.25) is 0 Å². The number of guanidine groups is 2. The molecule has 1 aliphatic heterocycles. The third kappa shape index (κ3) is 4.47. The van der Waals surface area contributed by atoms with Gasteiger partial charge in [0.1, 0.15) is 17.1 Å². The molecule has 0 bridgehead atoms. The molecule has 0 aromatic heterocycles. The lowest BCUT2D eigenvalue weighted by molar-refractivity contribution is -0.384. The van der Waals surface area contributed by atoms with Gasteiger partial charge in [-0.25, -0.2) is 4.99 Å². The number of ether oxygens (including phenoxy) is 1. The Morgan fingerprint density at radius 2 is 2.00 bits per heavy atom. The number of hydrogen-bond acceptors (Lipinski definition) is 8. The van der Waals surface area contributed by atoms with E-state index in [0.717, 1.165) is 38.5 Å². The molecule has 4 N–H and O–H groups in total. The quantitative estimate of drug-likeness (QED) is 0.353. The standard InChI is InChI=1S/C19H27BrN6O3/c1-2-3-7-10-29-16-12-14(15(26(27)28)11-13(16)20)25-18(22)23-17(21)24-19(25)8-5-4-6-9-19/h11-12H,2-10H2,1H3,(H4,21,22,23,24). The van der Waals surface area contributed by atoms with E-state index in [4.69, 9.17) is 16.2 Å². The maximum atomic E-state index is 11.8. The summed E-state index contributed by atoms with van der Waals surface area (Å²) in [7, 11) is 0. The van der Waals surface area contributed by atoms with Gasteiger partial charge < -0.3 is 16.2 Å². The number of benzene rings is 1. The third-order valence-electron chi connectivity index (χ3n) is 5.32. The van der Waals surface area contributed by atoms with E-state index in [-0.39, 0.29) is 17.6 Å². The van der Waals surface area contributed by atoms with Crippen molar-refractivity contribution in [2.45, 2.75) is 64.0 Å². The van der Waals surface area contributed by atoms with E-state index in [0.29, 0.717) is 35.4 Å². The zero-order valence-electron chi connectivity index (χ0n) is 16.6. The summed E-state index contributed by atoms with van der Waals surface area (Å²) >= 11 is 3.40. The topological polar surface area (TPSA) is 132 Å². The fourth-order valence-corrected chi connectivity index (χ4v) is 4.42. The summed E-state index contributed by atoms with van der Waals surface area (Å²) in [5.74, 6) is 0.751. The summed E-state index contributed by atoms with van der Waals surface area (Å²) < 4.78 is 6.43. The number of nitro groups is 1. The van der Waals surface area contributed by atoms with Crippen molar-refractivity contribution in [1.82, 2.24) is 0 Å². The van der Waals surface area contributed by atoms with Crippen LogP contribution in [-0.4, -0.2) is 29.1 Å². The van der Waals surface area contributed by atoms with Crippen molar-refractivity contribution in [3.8, 4) is 5.75 Å². The Morgan fingerprint density at radius 1 is 1.28 bits per heavy atom. The molecule has 9 nitrogen and oxygen atoms in total. The number of nitrogens with zero attached hydrogens (tertiary/aromatic N) is 4. The minimum absolute atomic E-state index is 0.0865. The third-order valence-corrected chi connectivity index (χ3v) is 5.94. The Labute approximate surface area is 178 Å².